The van der Waals surface area contributed by atoms with E-state index in [2.05, 4.69) is 32.0 Å². The van der Waals surface area contributed by atoms with Gasteiger partial charge in [-0.15, -0.1) is 0 Å². The van der Waals surface area contributed by atoms with E-state index >= 15 is 0 Å². The Morgan fingerprint density at radius 2 is 1.95 bits per heavy atom. The average molecular weight is 293 g/mol. The predicted octanol–water partition coefficient (Wildman–Crippen LogP) is 4.73. The molecule has 1 saturated carbocycles. The molecule has 0 bridgehead atoms. The maximum absolute atomic E-state index is 5.86. The largest absolute Gasteiger partial charge is 0.399 e. The fourth-order valence-corrected chi connectivity index (χ4v) is 2.53. The van der Waals surface area contributed by atoms with Crippen molar-refractivity contribution in [3.63, 3.8) is 0 Å². The Labute approximate surface area is 127 Å². The van der Waals surface area contributed by atoms with E-state index in [4.69, 9.17) is 17.3 Å². The molecule has 0 spiro atoms. The second-order valence-corrected chi connectivity index (χ2v) is 5.85. The van der Waals surface area contributed by atoms with Crippen molar-refractivity contribution in [1.29, 1.82) is 0 Å². The Kier molecular flexibility index (Phi) is 5.70. The van der Waals surface area contributed by atoms with Crippen molar-refractivity contribution in [2.24, 2.45) is 11.1 Å². The molecule has 2 nitrogen and oxygen atoms in total. The van der Waals surface area contributed by atoms with Gasteiger partial charge in [-0.05, 0) is 32.3 Å². The number of hydrogen-bond acceptors (Lipinski definition) is 2. The molecule has 0 atom stereocenters. The SMILES string of the molecule is C=C(Cl)/C=C(C(=C)N)\C(=C/C)NC(=C)C1(CCC)CC1. The van der Waals surface area contributed by atoms with Crippen LogP contribution in [0, 0.1) is 5.41 Å². The minimum absolute atomic E-state index is 0.252. The third-order valence-corrected chi connectivity index (χ3v) is 3.84. The zero-order chi connectivity index (χ0) is 15.3. The summed E-state index contributed by atoms with van der Waals surface area (Å²) < 4.78 is 0. The van der Waals surface area contributed by atoms with Gasteiger partial charge in [-0.2, -0.15) is 0 Å². The summed E-state index contributed by atoms with van der Waals surface area (Å²) in [6.07, 6.45) is 8.41. The van der Waals surface area contributed by atoms with E-state index in [0.717, 1.165) is 23.4 Å². The highest BCUT2D eigenvalue weighted by Crippen LogP contribution is 2.54. The number of hydrogen-bond donors (Lipinski definition) is 2. The van der Waals surface area contributed by atoms with Gasteiger partial charge in [-0.3, -0.25) is 0 Å². The molecule has 3 N–H and O–H groups in total. The molecule has 110 valence electrons. The molecule has 0 aromatic heterocycles. The van der Waals surface area contributed by atoms with Crippen LogP contribution >= 0.6 is 11.6 Å². The van der Waals surface area contributed by atoms with Crippen molar-refractivity contribution in [2.45, 2.75) is 39.5 Å². The lowest BCUT2D eigenvalue weighted by Crippen LogP contribution is -2.22. The van der Waals surface area contributed by atoms with E-state index < -0.39 is 0 Å². The lowest BCUT2D eigenvalue weighted by Gasteiger charge is -2.22. The summed E-state index contributed by atoms with van der Waals surface area (Å²) in [6, 6.07) is 0. The molecule has 0 unspecified atom stereocenters. The van der Waals surface area contributed by atoms with E-state index in [0.29, 0.717) is 10.7 Å². The molecular formula is C17H25ClN2. The highest BCUT2D eigenvalue weighted by atomic mass is 35.5. The van der Waals surface area contributed by atoms with Crippen molar-refractivity contribution in [2.75, 3.05) is 0 Å². The molecule has 0 aromatic carbocycles. The molecule has 0 saturated heterocycles. The molecule has 0 aliphatic heterocycles. The summed E-state index contributed by atoms with van der Waals surface area (Å²) in [7, 11) is 0. The van der Waals surface area contributed by atoms with Crippen LogP contribution in [0.25, 0.3) is 0 Å². The first-order valence-corrected chi connectivity index (χ1v) is 7.38. The van der Waals surface area contributed by atoms with Gasteiger partial charge in [-0.1, -0.05) is 50.8 Å². The zero-order valence-corrected chi connectivity index (χ0v) is 13.3. The highest BCUT2D eigenvalue weighted by molar-refractivity contribution is 6.31. The third kappa shape index (κ3) is 4.04. The van der Waals surface area contributed by atoms with E-state index in [1.54, 1.807) is 6.08 Å². The number of allylic oxidation sites excluding steroid dienone is 4. The Morgan fingerprint density at radius 3 is 2.30 bits per heavy atom. The van der Waals surface area contributed by atoms with Gasteiger partial charge in [-0.25, -0.2) is 0 Å². The molecule has 1 fully saturated rings. The molecule has 3 heteroatoms. The Morgan fingerprint density at radius 1 is 1.35 bits per heavy atom. The number of halogens is 1. The van der Waals surface area contributed by atoms with Gasteiger partial charge < -0.3 is 11.1 Å². The molecule has 1 aliphatic carbocycles. The molecule has 20 heavy (non-hydrogen) atoms. The van der Waals surface area contributed by atoms with Gasteiger partial charge in [0.1, 0.15) is 0 Å². The van der Waals surface area contributed by atoms with E-state index in [-0.39, 0.29) is 5.41 Å². The summed E-state index contributed by atoms with van der Waals surface area (Å²) >= 11 is 5.86. The van der Waals surface area contributed by atoms with Gasteiger partial charge in [0, 0.05) is 33.1 Å². The average Bonchev–Trinajstić information content (AvgIpc) is 3.14. The summed E-state index contributed by atoms with van der Waals surface area (Å²) in [6.45, 7) is 15.8. The monoisotopic (exact) mass is 292 g/mol. The number of rotatable bonds is 8. The van der Waals surface area contributed by atoms with Gasteiger partial charge >= 0.3 is 0 Å². The van der Waals surface area contributed by atoms with Crippen LogP contribution in [0.3, 0.4) is 0 Å². The van der Waals surface area contributed by atoms with Crippen LogP contribution in [0.2, 0.25) is 0 Å². The lowest BCUT2D eigenvalue weighted by atomic mass is 9.96. The molecule has 0 radical (unpaired) electrons. The molecule has 0 heterocycles. The van der Waals surface area contributed by atoms with Crippen molar-refractivity contribution >= 4 is 11.6 Å². The second kappa shape index (κ2) is 6.85. The molecular weight excluding hydrogens is 268 g/mol. The smallest absolute Gasteiger partial charge is 0.0433 e. The number of nitrogens with one attached hydrogen (secondary N) is 1. The summed E-state index contributed by atoms with van der Waals surface area (Å²) in [5.74, 6) is 0. The van der Waals surface area contributed by atoms with Crippen LogP contribution in [0.5, 0.6) is 0 Å². The van der Waals surface area contributed by atoms with E-state index in [1.165, 1.54) is 19.3 Å². The van der Waals surface area contributed by atoms with Crippen LogP contribution in [-0.4, -0.2) is 0 Å². The van der Waals surface area contributed by atoms with Crippen LogP contribution in [0.1, 0.15) is 39.5 Å². The van der Waals surface area contributed by atoms with Gasteiger partial charge in [0.2, 0.25) is 0 Å². The summed E-state index contributed by atoms with van der Waals surface area (Å²) in [4.78, 5) is 0. The standard InChI is InChI=1S/C17H25ClN2/c1-6-8-17(9-10-17)14(5)20-16(7-2)15(13(4)19)11-12(3)18/h7,11,20H,3-6,8-10,19H2,1-2H3/b15-11-,16-7+. The first-order chi connectivity index (χ1) is 9.36. The minimum Gasteiger partial charge on any atom is -0.399 e. The first-order valence-electron chi connectivity index (χ1n) is 7.00. The molecule has 0 aromatic rings. The fourth-order valence-electron chi connectivity index (χ4n) is 2.42. The topological polar surface area (TPSA) is 38.0 Å². The molecule has 1 aliphatic rings. The minimum atomic E-state index is 0.252. The molecule has 0 amide bonds. The maximum Gasteiger partial charge on any atom is 0.0433 e. The summed E-state index contributed by atoms with van der Waals surface area (Å²) in [5.41, 5.74) is 9.26. The van der Waals surface area contributed by atoms with E-state index in [1.807, 2.05) is 13.0 Å². The normalized spacial score (nSPS) is 17.6. The van der Waals surface area contributed by atoms with Crippen molar-refractivity contribution in [3.05, 3.63) is 59.6 Å². The highest BCUT2D eigenvalue weighted by Gasteiger charge is 2.44. The Balaban J connectivity index is 2.90. The van der Waals surface area contributed by atoms with Crippen LogP contribution in [0.15, 0.2) is 59.6 Å². The van der Waals surface area contributed by atoms with E-state index in [9.17, 15) is 0 Å². The van der Waals surface area contributed by atoms with Gasteiger partial charge in [0.15, 0.2) is 0 Å². The molecule has 1 rings (SSSR count). The van der Waals surface area contributed by atoms with Crippen molar-refractivity contribution in [1.82, 2.24) is 5.32 Å². The van der Waals surface area contributed by atoms with Gasteiger partial charge in [0.05, 0.1) is 0 Å². The zero-order valence-electron chi connectivity index (χ0n) is 12.6. The van der Waals surface area contributed by atoms with Gasteiger partial charge in [0.25, 0.3) is 0 Å². The Hall–Kier alpha value is -1.41. The third-order valence-electron chi connectivity index (χ3n) is 3.73. The fraction of sp³-hybridized carbons (Fsp3) is 0.412. The van der Waals surface area contributed by atoms with Crippen LogP contribution in [0.4, 0.5) is 0 Å². The second-order valence-electron chi connectivity index (χ2n) is 5.37. The van der Waals surface area contributed by atoms with Crippen molar-refractivity contribution < 1.29 is 0 Å². The van der Waals surface area contributed by atoms with Crippen LogP contribution in [-0.2, 0) is 0 Å². The maximum atomic E-state index is 5.86. The predicted molar refractivity (Wildman–Crippen MR) is 89.0 cm³/mol. The lowest BCUT2D eigenvalue weighted by molar-refractivity contribution is 0.514. The first kappa shape index (κ1) is 16.6. The number of nitrogens with two attached hydrogens (primary N) is 1. The quantitative estimate of drug-likeness (QED) is 0.635. The summed E-state index contributed by atoms with van der Waals surface area (Å²) in [5, 5.41) is 3.82. The Bertz CT molecular complexity index is 479. The van der Waals surface area contributed by atoms with Crippen molar-refractivity contribution in [3.8, 4) is 0 Å². The van der Waals surface area contributed by atoms with Crippen LogP contribution < -0.4 is 11.1 Å².